The zero-order valence-corrected chi connectivity index (χ0v) is 14.2. The Labute approximate surface area is 139 Å². The zero-order chi connectivity index (χ0) is 15.9. The molecule has 116 valence electrons. The minimum Gasteiger partial charge on any atom is -0.492 e. The van der Waals surface area contributed by atoms with Gasteiger partial charge < -0.3 is 15.4 Å². The summed E-state index contributed by atoms with van der Waals surface area (Å²) >= 11 is 3.38. The van der Waals surface area contributed by atoms with Crippen LogP contribution in [0.25, 0.3) is 0 Å². The van der Waals surface area contributed by atoms with Gasteiger partial charge in [0.25, 0.3) is 0 Å². The number of urea groups is 1. The van der Waals surface area contributed by atoms with Crippen molar-refractivity contribution in [3.8, 4) is 5.75 Å². The highest BCUT2D eigenvalue weighted by Gasteiger charge is 2.04. The van der Waals surface area contributed by atoms with Crippen molar-refractivity contribution in [3.05, 3.63) is 58.1 Å². The van der Waals surface area contributed by atoms with Gasteiger partial charge in [-0.05, 0) is 65.2 Å². The van der Waals surface area contributed by atoms with Crippen molar-refractivity contribution in [2.45, 2.75) is 13.8 Å². The van der Waals surface area contributed by atoms with Gasteiger partial charge in [-0.2, -0.15) is 0 Å². The molecule has 2 N–H and O–H groups in total. The van der Waals surface area contributed by atoms with Gasteiger partial charge in [-0.3, -0.25) is 0 Å². The SMILES string of the molecule is Cc1cc(C)cc(OCCNC(=O)Nc2ccccc2Br)c1. The van der Waals surface area contributed by atoms with Crippen LogP contribution in [0.5, 0.6) is 5.75 Å². The Morgan fingerprint density at radius 3 is 2.50 bits per heavy atom. The predicted octanol–water partition coefficient (Wildman–Crippen LogP) is 4.27. The van der Waals surface area contributed by atoms with E-state index in [1.54, 1.807) is 0 Å². The number of benzene rings is 2. The lowest BCUT2D eigenvalue weighted by atomic mass is 10.1. The van der Waals surface area contributed by atoms with Crippen LogP contribution in [0.15, 0.2) is 46.9 Å². The van der Waals surface area contributed by atoms with Crippen molar-refractivity contribution in [2.24, 2.45) is 0 Å². The van der Waals surface area contributed by atoms with Crippen LogP contribution in [0.3, 0.4) is 0 Å². The number of carbonyl (C=O) groups excluding carboxylic acids is 1. The minimum absolute atomic E-state index is 0.254. The molecule has 0 aliphatic heterocycles. The van der Waals surface area contributed by atoms with Gasteiger partial charge in [-0.1, -0.05) is 18.2 Å². The molecule has 0 radical (unpaired) electrons. The van der Waals surface area contributed by atoms with Gasteiger partial charge in [-0.25, -0.2) is 4.79 Å². The second-order valence-electron chi connectivity index (χ2n) is 5.03. The lowest BCUT2D eigenvalue weighted by Crippen LogP contribution is -2.32. The van der Waals surface area contributed by atoms with Crippen molar-refractivity contribution in [1.29, 1.82) is 0 Å². The van der Waals surface area contributed by atoms with E-state index in [1.807, 2.05) is 50.2 Å². The third-order valence-corrected chi connectivity index (χ3v) is 3.67. The summed E-state index contributed by atoms with van der Waals surface area (Å²) in [6.45, 7) is 4.92. The second kappa shape index (κ2) is 7.84. The molecule has 0 bridgehead atoms. The lowest BCUT2D eigenvalue weighted by Gasteiger charge is -2.11. The van der Waals surface area contributed by atoms with Crippen LogP contribution in [0, 0.1) is 13.8 Å². The normalized spacial score (nSPS) is 10.1. The van der Waals surface area contributed by atoms with Crippen LogP contribution in [0.4, 0.5) is 10.5 Å². The van der Waals surface area contributed by atoms with Gasteiger partial charge in [0.05, 0.1) is 12.2 Å². The number of rotatable bonds is 5. The fourth-order valence-electron chi connectivity index (χ4n) is 2.08. The Morgan fingerprint density at radius 2 is 1.82 bits per heavy atom. The third-order valence-electron chi connectivity index (χ3n) is 2.97. The molecule has 2 aromatic carbocycles. The van der Waals surface area contributed by atoms with E-state index in [0.717, 1.165) is 27.0 Å². The van der Waals surface area contributed by atoms with Gasteiger partial charge in [-0.15, -0.1) is 0 Å². The van der Waals surface area contributed by atoms with Crippen molar-refractivity contribution in [2.75, 3.05) is 18.5 Å². The summed E-state index contributed by atoms with van der Waals surface area (Å²) < 4.78 is 6.48. The first-order valence-electron chi connectivity index (χ1n) is 7.05. The van der Waals surface area contributed by atoms with Crippen LogP contribution in [-0.4, -0.2) is 19.2 Å². The number of ether oxygens (including phenoxy) is 1. The molecule has 5 heteroatoms. The number of aryl methyl sites for hydroxylation is 2. The first-order chi connectivity index (χ1) is 10.5. The first kappa shape index (κ1) is 16.4. The number of carbonyl (C=O) groups is 1. The van der Waals surface area contributed by atoms with E-state index in [9.17, 15) is 4.79 Å². The van der Waals surface area contributed by atoms with Gasteiger partial charge in [0.1, 0.15) is 12.4 Å². The molecule has 0 aromatic heterocycles. The van der Waals surface area contributed by atoms with Crippen molar-refractivity contribution >= 4 is 27.6 Å². The van der Waals surface area contributed by atoms with Crippen LogP contribution in [-0.2, 0) is 0 Å². The maximum absolute atomic E-state index is 11.8. The molecule has 0 atom stereocenters. The van der Waals surface area contributed by atoms with E-state index in [2.05, 4.69) is 32.6 Å². The smallest absolute Gasteiger partial charge is 0.319 e. The Kier molecular flexibility index (Phi) is 5.83. The monoisotopic (exact) mass is 362 g/mol. The third kappa shape index (κ3) is 5.07. The highest BCUT2D eigenvalue weighted by Crippen LogP contribution is 2.20. The van der Waals surface area contributed by atoms with Gasteiger partial charge in [0.15, 0.2) is 0 Å². The summed E-state index contributed by atoms with van der Waals surface area (Å²) in [4.78, 5) is 11.8. The summed E-state index contributed by atoms with van der Waals surface area (Å²) in [6.07, 6.45) is 0. The van der Waals surface area contributed by atoms with Crippen LogP contribution < -0.4 is 15.4 Å². The molecule has 0 aliphatic rings. The number of anilines is 1. The Balaban J connectivity index is 1.74. The molecule has 0 aliphatic carbocycles. The molecular weight excluding hydrogens is 344 g/mol. The summed E-state index contributed by atoms with van der Waals surface area (Å²) in [5.41, 5.74) is 3.06. The van der Waals surface area contributed by atoms with Crippen molar-refractivity contribution in [3.63, 3.8) is 0 Å². The summed E-state index contributed by atoms with van der Waals surface area (Å²) in [6, 6.07) is 13.3. The quantitative estimate of drug-likeness (QED) is 0.780. The zero-order valence-electron chi connectivity index (χ0n) is 12.7. The van der Waals surface area contributed by atoms with E-state index in [1.165, 1.54) is 0 Å². The molecule has 2 rings (SSSR count). The van der Waals surface area contributed by atoms with E-state index in [-0.39, 0.29) is 6.03 Å². The largest absolute Gasteiger partial charge is 0.492 e. The maximum atomic E-state index is 11.8. The molecule has 0 fully saturated rings. The summed E-state index contributed by atoms with van der Waals surface area (Å²) in [5.74, 6) is 0.825. The van der Waals surface area contributed by atoms with Crippen LogP contribution >= 0.6 is 15.9 Å². The van der Waals surface area contributed by atoms with Crippen molar-refractivity contribution in [1.82, 2.24) is 5.32 Å². The average Bonchev–Trinajstić information content (AvgIpc) is 2.45. The molecule has 2 amide bonds. The highest BCUT2D eigenvalue weighted by molar-refractivity contribution is 9.10. The van der Waals surface area contributed by atoms with Gasteiger partial charge >= 0.3 is 6.03 Å². The fourth-order valence-corrected chi connectivity index (χ4v) is 2.46. The van der Waals surface area contributed by atoms with E-state index < -0.39 is 0 Å². The molecule has 4 nitrogen and oxygen atoms in total. The maximum Gasteiger partial charge on any atom is 0.319 e. The molecule has 0 saturated carbocycles. The minimum atomic E-state index is -0.254. The number of hydrogen-bond acceptors (Lipinski definition) is 2. The summed E-state index contributed by atoms with van der Waals surface area (Å²) in [5, 5.41) is 5.54. The van der Waals surface area contributed by atoms with Crippen molar-refractivity contribution < 1.29 is 9.53 Å². The van der Waals surface area contributed by atoms with E-state index >= 15 is 0 Å². The lowest BCUT2D eigenvalue weighted by molar-refractivity contribution is 0.247. The molecule has 0 spiro atoms. The standard InChI is InChI=1S/C17H19BrN2O2/c1-12-9-13(2)11-14(10-12)22-8-7-19-17(21)20-16-6-4-3-5-15(16)18/h3-6,9-11H,7-8H2,1-2H3,(H2,19,20,21). The number of amides is 2. The number of hydrogen-bond donors (Lipinski definition) is 2. The Morgan fingerprint density at radius 1 is 1.14 bits per heavy atom. The molecule has 22 heavy (non-hydrogen) atoms. The van der Waals surface area contributed by atoms with E-state index in [0.29, 0.717) is 13.2 Å². The second-order valence-corrected chi connectivity index (χ2v) is 5.89. The number of para-hydroxylation sites is 1. The fraction of sp³-hybridized carbons (Fsp3) is 0.235. The number of nitrogens with one attached hydrogen (secondary N) is 2. The molecule has 0 saturated heterocycles. The van der Waals surface area contributed by atoms with Gasteiger partial charge in [0.2, 0.25) is 0 Å². The topological polar surface area (TPSA) is 50.4 Å². The predicted molar refractivity (Wildman–Crippen MR) is 92.6 cm³/mol. The molecule has 0 heterocycles. The van der Waals surface area contributed by atoms with Crippen LogP contribution in [0.2, 0.25) is 0 Å². The number of halogens is 1. The molecule has 0 unspecified atom stereocenters. The van der Waals surface area contributed by atoms with Crippen LogP contribution in [0.1, 0.15) is 11.1 Å². The Hall–Kier alpha value is -2.01. The highest BCUT2D eigenvalue weighted by atomic mass is 79.9. The Bertz CT molecular complexity index is 639. The summed E-state index contributed by atoms with van der Waals surface area (Å²) in [7, 11) is 0. The first-order valence-corrected chi connectivity index (χ1v) is 7.84. The van der Waals surface area contributed by atoms with E-state index in [4.69, 9.17) is 4.74 Å². The molecule has 2 aromatic rings. The van der Waals surface area contributed by atoms with Gasteiger partial charge in [0, 0.05) is 4.47 Å². The average molecular weight is 363 g/mol. The molecular formula is C17H19BrN2O2.